The van der Waals surface area contributed by atoms with Gasteiger partial charge in [0.15, 0.2) is 0 Å². The second-order valence-corrected chi connectivity index (χ2v) is 5.65. The fourth-order valence-electron chi connectivity index (χ4n) is 2.69. The summed E-state index contributed by atoms with van der Waals surface area (Å²) in [5, 5.41) is 12.4. The van der Waals surface area contributed by atoms with Crippen molar-refractivity contribution in [3.8, 4) is 6.07 Å². The van der Waals surface area contributed by atoms with E-state index < -0.39 is 0 Å². The van der Waals surface area contributed by atoms with E-state index in [0.29, 0.717) is 0 Å². The first-order valence-electron chi connectivity index (χ1n) is 6.93. The van der Waals surface area contributed by atoms with Crippen LogP contribution in [0.1, 0.15) is 43.7 Å². The van der Waals surface area contributed by atoms with Gasteiger partial charge in [-0.1, -0.05) is 19.8 Å². The maximum Gasteiger partial charge on any atom is 0.0994 e. The zero-order chi connectivity index (χ0) is 13.0. The van der Waals surface area contributed by atoms with E-state index in [9.17, 15) is 0 Å². The molecule has 0 aromatic heterocycles. The van der Waals surface area contributed by atoms with Gasteiger partial charge in [0.2, 0.25) is 0 Å². The lowest BCUT2D eigenvalue weighted by Crippen LogP contribution is -2.20. The summed E-state index contributed by atoms with van der Waals surface area (Å²) in [6.07, 6.45) is 5.45. The second kappa shape index (κ2) is 5.91. The van der Waals surface area contributed by atoms with Crippen LogP contribution in [0.15, 0.2) is 18.2 Å². The monoisotopic (exact) mass is 242 g/mol. The molecule has 18 heavy (non-hydrogen) atoms. The number of aryl methyl sites for hydroxylation is 1. The molecule has 0 heterocycles. The summed E-state index contributed by atoms with van der Waals surface area (Å²) < 4.78 is 0. The Morgan fingerprint density at radius 2 is 2.00 bits per heavy atom. The van der Waals surface area contributed by atoms with Crippen LogP contribution in [-0.4, -0.2) is 6.54 Å². The highest BCUT2D eigenvalue weighted by Crippen LogP contribution is 2.28. The van der Waals surface area contributed by atoms with Crippen LogP contribution in [0.25, 0.3) is 0 Å². The highest BCUT2D eigenvalue weighted by Gasteiger charge is 2.17. The Morgan fingerprint density at radius 3 is 2.61 bits per heavy atom. The molecule has 2 heteroatoms. The van der Waals surface area contributed by atoms with Crippen molar-refractivity contribution in [1.29, 1.82) is 5.26 Å². The van der Waals surface area contributed by atoms with Gasteiger partial charge in [-0.3, -0.25) is 0 Å². The number of hydrogen-bond acceptors (Lipinski definition) is 2. The summed E-state index contributed by atoms with van der Waals surface area (Å²) >= 11 is 0. The summed E-state index contributed by atoms with van der Waals surface area (Å²) in [7, 11) is 0. The Balaban J connectivity index is 1.87. The predicted octanol–water partition coefficient (Wildman–Crippen LogP) is 4.10. The third-order valence-electron chi connectivity index (χ3n) is 4.08. The van der Waals surface area contributed by atoms with Crippen molar-refractivity contribution in [2.24, 2.45) is 11.8 Å². The van der Waals surface area contributed by atoms with E-state index in [4.69, 9.17) is 5.26 Å². The van der Waals surface area contributed by atoms with Crippen molar-refractivity contribution in [2.45, 2.75) is 39.5 Å². The van der Waals surface area contributed by atoms with Gasteiger partial charge in [0.05, 0.1) is 11.6 Å². The van der Waals surface area contributed by atoms with Crippen molar-refractivity contribution >= 4 is 5.69 Å². The summed E-state index contributed by atoms with van der Waals surface area (Å²) in [6.45, 7) is 5.41. The number of benzene rings is 1. The molecule has 0 amide bonds. The number of rotatable bonds is 3. The van der Waals surface area contributed by atoms with E-state index in [1.54, 1.807) is 0 Å². The molecular weight excluding hydrogens is 220 g/mol. The van der Waals surface area contributed by atoms with Gasteiger partial charge in [-0.05, 0) is 55.4 Å². The topological polar surface area (TPSA) is 35.8 Å². The largest absolute Gasteiger partial charge is 0.385 e. The first-order valence-corrected chi connectivity index (χ1v) is 6.93. The van der Waals surface area contributed by atoms with E-state index >= 15 is 0 Å². The zero-order valence-corrected chi connectivity index (χ0v) is 11.4. The van der Waals surface area contributed by atoms with Gasteiger partial charge in [-0.2, -0.15) is 5.26 Å². The average Bonchev–Trinajstić information content (AvgIpc) is 2.38. The second-order valence-electron chi connectivity index (χ2n) is 5.65. The van der Waals surface area contributed by atoms with Crippen molar-refractivity contribution < 1.29 is 0 Å². The van der Waals surface area contributed by atoms with Gasteiger partial charge >= 0.3 is 0 Å². The smallest absolute Gasteiger partial charge is 0.0994 e. The van der Waals surface area contributed by atoms with Gasteiger partial charge in [0, 0.05) is 12.2 Å². The Labute approximate surface area is 110 Å². The number of anilines is 1. The molecule has 1 aliphatic rings. The third kappa shape index (κ3) is 3.26. The quantitative estimate of drug-likeness (QED) is 0.866. The number of nitrogens with zero attached hydrogens (tertiary/aromatic N) is 1. The highest BCUT2D eigenvalue weighted by atomic mass is 14.9. The van der Waals surface area contributed by atoms with Gasteiger partial charge < -0.3 is 5.32 Å². The molecule has 0 spiro atoms. The van der Waals surface area contributed by atoms with Crippen LogP contribution in [0.5, 0.6) is 0 Å². The van der Waals surface area contributed by atoms with Crippen LogP contribution >= 0.6 is 0 Å². The minimum absolute atomic E-state index is 0.770. The standard InChI is InChI=1S/C16H22N2/c1-12-3-5-14(6-4-12)11-18-16-8-7-15(10-17)13(2)9-16/h7-9,12,14,18H,3-6,11H2,1-2H3. The molecule has 2 rings (SSSR count). The first kappa shape index (κ1) is 13.0. The summed E-state index contributed by atoms with van der Waals surface area (Å²) in [4.78, 5) is 0. The molecule has 0 unspecified atom stereocenters. The minimum atomic E-state index is 0.770. The van der Waals surface area contributed by atoms with Crippen molar-refractivity contribution in [1.82, 2.24) is 0 Å². The Bertz CT molecular complexity index is 437. The molecule has 2 nitrogen and oxygen atoms in total. The fraction of sp³-hybridized carbons (Fsp3) is 0.562. The lowest BCUT2D eigenvalue weighted by Gasteiger charge is -2.26. The summed E-state index contributed by atoms with van der Waals surface area (Å²) in [5.74, 6) is 1.73. The molecule has 1 N–H and O–H groups in total. The molecule has 1 saturated carbocycles. The fourth-order valence-corrected chi connectivity index (χ4v) is 2.69. The van der Waals surface area contributed by atoms with Gasteiger partial charge in [-0.25, -0.2) is 0 Å². The molecule has 0 atom stereocenters. The highest BCUT2D eigenvalue weighted by molar-refractivity contribution is 5.51. The van der Waals surface area contributed by atoms with E-state index in [0.717, 1.165) is 35.2 Å². The molecule has 1 aromatic carbocycles. The molecule has 0 saturated heterocycles. The van der Waals surface area contributed by atoms with Crippen LogP contribution in [0.4, 0.5) is 5.69 Å². The van der Waals surface area contributed by atoms with Crippen molar-refractivity contribution in [3.05, 3.63) is 29.3 Å². The van der Waals surface area contributed by atoms with Gasteiger partial charge in [0.1, 0.15) is 0 Å². The molecule has 1 aliphatic carbocycles. The molecule has 96 valence electrons. The van der Waals surface area contributed by atoms with Crippen LogP contribution < -0.4 is 5.32 Å². The van der Waals surface area contributed by atoms with Crippen molar-refractivity contribution in [3.63, 3.8) is 0 Å². The normalized spacial score (nSPS) is 23.4. The predicted molar refractivity (Wildman–Crippen MR) is 75.5 cm³/mol. The number of nitriles is 1. The van der Waals surface area contributed by atoms with E-state index in [-0.39, 0.29) is 0 Å². The van der Waals surface area contributed by atoms with Crippen molar-refractivity contribution in [2.75, 3.05) is 11.9 Å². The SMILES string of the molecule is Cc1cc(NCC2CCC(C)CC2)ccc1C#N. The van der Waals surface area contributed by atoms with Gasteiger partial charge in [-0.15, -0.1) is 0 Å². The maximum atomic E-state index is 8.90. The van der Waals surface area contributed by atoms with Crippen LogP contribution in [0.3, 0.4) is 0 Å². The zero-order valence-electron chi connectivity index (χ0n) is 11.4. The first-order chi connectivity index (χ1) is 8.69. The van der Waals surface area contributed by atoms with Gasteiger partial charge in [0.25, 0.3) is 0 Å². The van der Waals surface area contributed by atoms with E-state index in [2.05, 4.69) is 24.4 Å². The average molecular weight is 242 g/mol. The number of nitrogens with one attached hydrogen (secondary N) is 1. The third-order valence-corrected chi connectivity index (χ3v) is 4.08. The molecule has 1 fully saturated rings. The van der Waals surface area contributed by atoms with Crippen LogP contribution in [0, 0.1) is 30.1 Å². The molecule has 0 bridgehead atoms. The van der Waals surface area contributed by atoms with Crippen LogP contribution in [0.2, 0.25) is 0 Å². The number of hydrogen-bond donors (Lipinski definition) is 1. The summed E-state index contributed by atoms with van der Waals surface area (Å²) in [5.41, 5.74) is 2.97. The summed E-state index contributed by atoms with van der Waals surface area (Å²) in [6, 6.07) is 8.19. The molecular formula is C16H22N2. The Morgan fingerprint density at radius 1 is 1.28 bits per heavy atom. The lowest BCUT2D eigenvalue weighted by atomic mass is 9.83. The molecule has 1 aromatic rings. The molecule has 0 radical (unpaired) electrons. The Kier molecular flexibility index (Phi) is 4.25. The van der Waals surface area contributed by atoms with E-state index in [1.165, 1.54) is 25.7 Å². The van der Waals surface area contributed by atoms with E-state index in [1.807, 2.05) is 19.1 Å². The lowest BCUT2D eigenvalue weighted by molar-refractivity contribution is 0.300. The minimum Gasteiger partial charge on any atom is -0.385 e. The van der Waals surface area contributed by atoms with Crippen LogP contribution in [-0.2, 0) is 0 Å². The maximum absolute atomic E-state index is 8.90. The Hall–Kier alpha value is -1.49. The molecule has 0 aliphatic heterocycles.